The van der Waals surface area contributed by atoms with Crippen molar-refractivity contribution in [2.45, 2.75) is 6.92 Å². The predicted octanol–water partition coefficient (Wildman–Crippen LogP) is 3.45. The third-order valence-corrected chi connectivity index (χ3v) is 4.53. The molecule has 0 atom stereocenters. The number of hydrogen-bond acceptors (Lipinski definition) is 4. The summed E-state index contributed by atoms with van der Waals surface area (Å²) in [7, 11) is 0. The van der Waals surface area contributed by atoms with Crippen molar-refractivity contribution in [3.05, 3.63) is 74.8 Å². The smallest absolute Gasteiger partial charge is 0.248 e. The van der Waals surface area contributed by atoms with E-state index in [1.165, 1.54) is 17.4 Å². The number of aromatic nitrogens is 1. The highest BCUT2D eigenvalue weighted by molar-refractivity contribution is 7.08. The molecule has 2 heterocycles. The molecule has 122 valence electrons. The van der Waals surface area contributed by atoms with Gasteiger partial charge < -0.3 is 10.9 Å². The maximum atomic E-state index is 13.9. The van der Waals surface area contributed by atoms with Gasteiger partial charge in [0.1, 0.15) is 17.3 Å². The van der Waals surface area contributed by atoms with Crippen LogP contribution in [-0.2, 0) is 0 Å². The van der Waals surface area contributed by atoms with Gasteiger partial charge in [-0.2, -0.15) is 16.1 Å². The monoisotopic (exact) mass is 346 g/mol. The Morgan fingerprint density at radius 3 is 2.58 bits per heavy atom. The first-order valence-corrected chi connectivity index (χ1v) is 7.89. The van der Waals surface area contributed by atoms with Gasteiger partial charge in [0, 0.05) is 17.5 Å². The molecule has 0 radical (unpaired) electrons. The van der Waals surface area contributed by atoms with Gasteiger partial charge in [0.2, 0.25) is 5.69 Å². The number of carbonyl (C=O) groups excluding carboxylic acids is 1. The van der Waals surface area contributed by atoms with Gasteiger partial charge >= 0.3 is 0 Å². The molecule has 2 N–H and O–H groups in total. The van der Waals surface area contributed by atoms with Crippen LogP contribution in [0.1, 0.15) is 21.5 Å². The second-order valence-electron chi connectivity index (χ2n) is 5.24. The van der Waals surface area contributed by atoms with Crippen molar-refractivity contribution in [1.29, 1.82) is 0 Å². The van der Waals surface area contributed by atoms with Crippen LogP contribution in [0.5, 0.6) is 0 Å². The zero-order valence-electron chi connectivity index (χ0n) is 12.5. The van der Waals surface area contributed by atoms with Gasteiger partial charge in [-0.15, -0.1) is 0 Å². The van der Waals surface area contributed by atoms with Crippen molar-refractivity contribution in [1.82, 2.24) is 0 Å². The third kappa shape index (κ3) is 2.63. The lowest BCUT2D eigenvalue weighted by Crippen LogP contribution is -2.31. The lowest BCUT2D eigenvalue weighted by atomic mass is 9.99. The first-order chi connectivity index (χ1) is 11.4. The molecule has 1 aromatic carbocycles. The molecule has 0 amide bonds. The van der Waals surface area contributed by atoms with Gasteiger partial charge in [-0.05, 0) is 30.0 Å². The number of carbonyl (C=O) groups is 1. The zero-order chi connectivity index (χ0) is 17.4. The van der Waals surface area contributed by atoms with Crippen molar-refractivity contribution in [3.63, 3.8) is 0 Å². The molecule has 0 saturated heterocycles. The lowest BCUT2D eigenvalue weighted by molar-refractivity contribution is -0.593. The number of nitrogens with two attached hydrogens (primary N) is 1. The second-order valence-corrected chi connectivity index (χ2v) is 5.98. The fraction of sp³-hybridized carbons (Fsp3) is 0.0588. The van der Waals surface area contributed by atoms with Crippen LogP contribution < -0.4 is 10.5 Å². The van der Waals surface area contributed by atoms with Crippen LogP contribution in [0, 0.1) is 23.8 Å². The van der Waals surface area contributed by atoms with E-state index < -0.39 is 17.4 Å². The zero-order valence-corrected chi connectivity index (χ0v) is 13.4. The Kier molecular flexibility index (Phi) is 4.02. The summed E-state index contributed by atoms with van der Waals surface area (Å²) in [5, 5.41) is 15.7. The molecule has 0 unspecified atom stereocenters. The maximum Gasteiger partial charge on any atom is 0.248 e. The largest absolute Gasteiger partial charge is 0.618 e. The third-order valence-electron chi connectivity index (χ3n) is 3.67. The van der Waals surface area contributed by atoms with Crippen molar-refractivity contribution < 1.29 is 18.3 Å². The standard InChI is InChI=1S/C17H12F2N2O2S/c1-9-7-24-8-13(9)16-15(20)12(4-5-21(16)23)17(22)11-3-2-10(18)6-14(11)19/h2-8H,20H2,1H3. The number of rotatable bonds is 3. The normalized spacial score (nSPS) is 10.8. The molecule has 2 aromatic heterocycles. The van der Waals surface area contributed by atoms with Crippen LogP contribution in [-0.4, -0.2) is 5.78 Å². The van der Waals surface area contributed by atoms with E-state index in [9.17, 15) is 18.8 Å². The SMILES string of the molecule is Cc1cscc1-c1c(N)c(C(=O)c2ccc(F)cc2F)cc[n+]1[O-]. The van der Waals surface area contributed by atoms with E-state index in [2.05, 4.69) is 0 Å². The number of anilines is 1. The Labute approximate surface area is 140 Å². The Balaban J connectivity index is 2.16. The van der Waals surface area contributed by atoms with Crippen molar-refractivity contribution >= 4 is 22.8 Å². The molecular formula is C17H12F2N2O2S. The van der Waals surface area contributed by atoms with Crippen molar-refractivity contribution in [2.75, 3.05) is 5.73 Å². The van der Waals surface area contributed by atoms with Gasteiger partial charge in [0.25, 0.3) is 0 Å². The van der Waals surface area contributed by atoms with E-state index in [4.69, 9.17) is 5.73 Å². The van der Waals surface area contributed by atoms with Crippen LogP contribution in [0.3, 0.4) is 0 Å². The molecule has 7 heteroatoms. The molecular weight excluding hydrogens is 334 g/mol. The number of pyridine rings is 1. The summed E-state index contributed by atoms with van der Waals surface area (Å²) in [4.78, 5) is 12.6. The number of halogens is 2. The summed E-state index contributed by atoms with van der Waals surface area (Å²) in [6.45, 7) is 1.82. The minimum Gasteiger partial charge on any atom is -0.618 e. The number of benzene rings is 1. The van der Waals surface area contributed by atoms with Crippen molar-refractivity contribution in [3.8, 4) is 11.3 Å². The molecule has 0 fully saturated rings. The van der Waals surface area contributed by atoms with E-state index in [0.29, 0.717) is 16.4 Å². The molecule has 0 bridgehead atoms. The number of hydrogen-bond donors (Lipinski definition) is 1. The molecule has 0 spiro atoms. The predicted molar refractivity (Wildman–Crippen MR) is 87.7 cm³/mol. The molecule has 3 aromatic rings. The summed E-state index contributed by atoms with van der Waals surface area (Å²) < 4.78 is 27.5. The Morgan fingerprint density at radius 1 is 1.21 bits per heavy atom. The lowest BCUT2D eigenvalue weighted by Gasteiger charge is -2.11. The summed E-state index contributed by atoms with van der Waals surface area (Å²) in [6.07, 6.45) is 1.15. The molecule has 0 aliphatic carbocycles. The summed E-state index contributed by atoms with van der Waals surface area (Å²) in [5.74, 6) is -2.47. The Morgan fingerprint density at radius 2 is 1.96 bits per heavy atom. The molecule has 0 aliphatic heterocycles. The van der Waals surface area contributed by atoms with Gasteiger partial charge in [0.15, 0.2) is 12.0 Å². The van der Waals surface area contributed by atoms with Crippen LogP contribution in [0.2, 0.25) is 0 Å². The molecule has 0 saturated carbocycles. The molecule has 0 aliphatic rings. The highest BCUT2D eigenvalue weighted by atomic mass is 32.1. The summed E-state index contributed by atoms with van der Waals surface area (Å²) >= 11 is 1.40. The minimum atomic E-state index is -0.980. The van der Waals surface area contributed by atoms with Crippen molar-refractivity contribution in [2.24, 2.45) is 0 Å². The first-order valence-electron chi connectivity index (χ1n) is 6.94. The van der Waals surface area contributed by atoms with Crippen LogP contribution in [0.25, 0.3) is 11.3 Å². The molecule has 3 rings (SSSR count). The average molecular weight is 346 g/mol. The maximum absolute atomic E-state index is 13.9. The highest BCUT2D eigenvalue weighted by Gasteiger charge is 2.25. The number of aryl methyl sites for hydroxylation is 1. The second kappa shape index (κ2) is 6.01. The van der Waals surface area contributed by atoms with Gasteiger partial charge in [-0.25, -0.2) is 8.78 Å². The quantitative estimate of drug-likeness (QED) is 0.449. The van der Waals surface area contributed by atoms with Gasteiger partial charge in [-0.3, -0.25) is 4.79 Å². The summed E-state index contributed by atoms with van der Waals surface area (Å²) in [6, 6.07) is 3.91. The highest BCUT2D eigenvalue weighted by Crippen LogP contribution is 2.31. The molecule has 24 heavy (non-hydrogen) atoms. The molecule has 4 nitrogen and oxygen atoms in total. The van der Waals surface area contributed by atoms with Crippen LogP contribution in [0.4, 0.5) is 14.5 Å². The van der Waals surface area contributed by atoms with E-state index in [1.807, 2.05) is 12.3 Å². The number of ketones is 1. The summed E-state index contributed by atoms with van der Waals surface area (Å²) in [5.41, 5.74) is 7.27. The van der Waals surface area contributed by atoms with E-state index in [-0.39, 0.29) is 22.5 Å². The van der Waals surface area contributed by atoms with Crippen LogP contribution in [0.15, 0.2) is 41.2 Å². The Bertz CT molecular complexity index is 954. The minimum absolute atomic E-state index is 0.00629. The van der Waals surface area contributed by atoms with E-state index >= 15 is 0 Å². The van der Waals surface area contributed by atoms with Gasteiger partial charge in [-0.1, -0.05) is 0 Å². The number of nitrogens with zero attached hydrogens (tertiary/aromatic N) is 1. The average Bonchev–Trinajstić information content (AvgIpc) is 2.93. The fourth-order valence-electron chi connectivity index (χ4n) is 2.44. The van der Waals surface area contributed by atoms with Gasteiger partial charge in [0.05, 0.1) is 16.7 Å². The fourth-order valence-corrected chi connectivity index (χ4v) is 3.27. The Hall–Kier alpha value is -2.80. The van der Waals surface area contributed by atoms with E-state index in [1.54, 1.807) is 5.38 Å². The van der Waals surface area contributed by atoms with E-state index in [0.717, 1.165) is 23.9 Å². The topological polar surface area (TPSA) is 70.0 Å². The first kappa shape index (κ1) is 16.1. The van der Waals surface area contributed by atoms with Crippen LogP contribution >= 0.6 is 11.3 Å². The number of thiophene rings is 1. The number of nitrogen functional groups attached to an aromatic ring is 1.